The summed E-state index contributed by atoms with van der Waals surface area (Å²) in [7, 11) is -3.38. The van der Waals surface area contributed by atoms with Gasteiger partial charge in [-0.05, 0) is 24.5 Å². The molecule has 0 amide bonds. The first-order valence-electron chi connectivity index (χ1n) is 5.41. The minimum Gasteiger partial charge on any atom is -0.476 e. The van der Waals surface area contributed by atoms with Crippen molar-refractivity contribution in [3.8, 4) is 11.3 Å². The van der Waals surface area contributed by atoms with Gasteiger partial charge in [0.25, 0.3) is 0 Å². The zero-order valence-corrected chi connectivity index (χ0v) is 12.3. The van der Waals surface area contributed by atoms with E-state index in [1.54, 1.807) is 18.4 Å². The largest absolute Gasteiger partial charge is 0.476 e. The molecule has 2 rings (SSSR count). The molecule has 0 aliphatic heterocycles. The molecule has 20 heavy (non-hydrogen) atoms. The van der Waals surface area contributed by atoms with E-state index in [-0.39, 0.29) is 16.3 Å². The van der Waals surface area contributed by atoms with Gasteiger partial charge in [-0.15, -0.1) is 11.8 Å². The number of hydrogen-bond donors (Lipinski definition) is 1. The van der Waals surface area contributed by atoms with E-state index in [0.717, 1.165) is 6.26 Å². The Hall–Kier alpha value is -1.80. The maximum Gasteiger partial charge on any atom is 0.358 e. The van der Waals surface area contributed by atoms with Gasteiger partial charge in [0.2, 0.25) is 0 Å². The third-order valence-electron chi connectivity index (χ3n) is 2.58. The van der Waals surface area contributed by atoms with Crippen LogP contribution in [0.2, 0.25) is 0 Å². The molecule has 2 aromatic rings. The number of hydrogen-bond acceptors (Lipinski definition) is 6. The zero-order valence-electron chi connectivity index (χ0n) is 10.7. The molecule has 0 atom stereocenters. The lowest BCUT2D eigenvalue weighted by Gasteiger charge is -2.06. The van der Waals surface area contributed by atoms with E-state index in [9.17, 15) is 13.2 Å². The first kappa shape index (κ1) is 14.6. The standard InChI is InChI=1S/C12H11NO5S2/c1-19-10-4-3-7(5-11(10)20(2,16)17)9-6-8(12(14)15)13-18-9/h3-6H,1-2H3,(H,14,15). The van der Waals surface area contributed by atoms with Gasteiger partial charge in [-0.3, -0.25) is 0 Å². The van der Waals surface area contributed by atoms with Crippen molar-refractivity contribution in [2.45, 2.75) is 9.79 Å². The van der Waals surface area contributed by atoms with Crippen LogP contribution in [0.25, 0.3) is 11.3 Å². The summed E-state index contributed by atoms with van der Waals surface area (Å²) in [6.07, 6.45) is 2.90. The highest BCUT2D eigenvalue weighted by Gasteiger charge is 2.17. The number of nitrogens with zero attached hydrogens (tertiary/aromatic N) is 1. The van der Waals surface area contributed by atoms with Crippen LogP contribution in [0.4, 0.5) is 0 Å². The highest BCUT2D eigenvalue weighted by molar-refractivity contribution is 7.99. The second-order valence-corrected chi connectivity index (χ2v) is 6.85. The lowest BCUT2D eigenvalue weighted by Crippen LogP contribution is -1.99. The Labute approximate surface area is 119 Å². The van der Waals surface area contributed by atoms with Crippen LogP contribution in [-0.4, -0.2) is 37.2 Å². The number of carboxylic acids is 1. The number of carbonyl (C=O) groups is 1. The third-order valence-corrected chi connectivity index (χ3v) is 4.64. The van der Waals surface area contributed by atoms with Crippen LogP contribution < -0.4 is 0 Å². The van der Waals surface area contributed by atoms with E-state index in [0.29, 0.717) is 10.5 Å². The van der Waals surface area contributed by atoms with Gasteiger partial charge in [0.1, 0.15) is 0 Å². The summed E-state index contributed by atoms with van der Waals surface area (Å²) < 4.78 is 28.4. The smallest absolute Gasteiger partial charge is 0.358 e. The van der Waals surface area contributed by atoms with Gasteiger partial charge in [0.05, 0.1) is 4.90 Å². The second-order valence-electron chi connectivity index (χ2n) is 4.02. The molecule has 0 fully saturated rings. The maximum absolute atomic E-state index is 11.8. The summed E-state index contributed by atoms with van der Waals surface area (Å²) in [5, 5.41) is 12.2. The van der Waals surface area contributed by atoms with E-state index >= 15 is 0 Å². The molecule has 0 bridgehead atoms. The average molecular weight is 313 g/mol. The van der Waals surface area contributed by atoms with Gasteiger partial charge in [0.15, 0.2) is 21.3 Å². The molecule has 0 spiro atoms. The minimum absolute atomic E-state index is 0.177. The van der Waals surface area contributed by atoms with E-state index in [1.165, 1.54) is 23.9 Å². The number of carboxylic acid groups (broad SMARTS) is 1. The van der Waals surface area contributed by atoms with Crippen LogP contribution in [-0.2, 0) is 9.84 Å². The summed E-state index contributed by atoms with van der Waals surface area (Å²) in [5.74, 6) is -0.996. The normalized spacial score (nSPS) is 11.5. The molecule has 0 aliphatic rings. The van der Waals surface area contributed by atoms with E-state index in [4.69, 9.17) is 9.63 Å². The Kier molecular flexibility index (Phi) is 3.87. The number of sulfone groups is 1. The van der Waals surface area contributed by atoms with Crippen LogP contribution in [0.3, 0.4) is 0 Å². The molecule has 1 aromatic heterocycles. The molecule has 1 aromatic carbocycles. The molecule has 0 radical (unpaired) electrons. The highest BCUT2D eigenvalue weighted by atomic mass is 32.2. The maximum atomic E-state index is 11.8. The van der Waals surface area contributed by atoms with Crippen molar-refractivity contribution in [2.75, 3.05) is 12.5 Å². The van der Waals surface area contributed by atoms with Crippen LogP contribution >= 0.6 is 11.8 Å². The fraction of sp³-hybridized carbons (Fsp3) is 0.167. The lowest BCUT2D eigenvalue weighted by molar-refractivity contribution is 0.0686. The van der Waals surface area contributed by atoms with E-state index < -0.39 is 15.8 Å². The molecule has 106 valence electrons. The number of aromatic carboxylic acids is 1. The minimum atomic E-state index is -3.38. The number of benzene rings is 1. The monoisotopic (exact) mass is 313 g/mol. The molecule has 0 saturated carbocycles. The van der Waals surface area contributed by atoms with Crippen molar-refractivity contribution >= 4 is 27.6 Å². The Balaban J connectivity index is 2.55. The predicted octanol–water partition coefficient (Wildman–Crippen LogP) is 2.17. The number of aromatic nitrogens is 1. The molecule has 0 saturated heterocycles. The van der Waals surface area contributed by atoms with Crippen LogP contribution in [0, 0.1) is 0 Å². The molecular formula is C12H11NO5S2. The average Bonchev–Trinajstić information content (AvgIpc) is 2.86. The van der Waals surface area contributed by atoms with Crippen molar-refractivity contribution in [2.24, 2.45) is 0 Å². The van der Waals surface area contributed by atoms with Gasteiger partial charge in [-0.2, -0.15) is 0 Å². The summed E-state index contributed by atoms with van der Waals surface area (Å²) in [4.78, 5) is 11.5. The molecule has 0 aliphatic carbocycles. The number of thioether (sulfide) groups is 1. The molecule has 1 N–H and O–H groups in total. The molecule has 1 heterocycles. The Morgan fingerprint density at radius 1 is 1.35 bits per heavy atom. The first-order valence-corrected chi connectivity index (χ1v) is 8.53. The van der Waals surface area contributed by atoms with Gasteiger partial charge in [-0.1, -0.05) is 5.16 Å². The van der Waals surface area contributed by atoms with Crippen molar-refractivity contribution in [3.05, 3.63) is 30.0 Å². The molecule has 8 heteroatoms. The van der Waals surface area contributed by atoms with Crippen LogP contribution in [0.15, 0.2) is 38.6 Å². The van der Waals surface area contributed by atoms with Crippen molar-refractivity contribution in [1.29, 1.82) is 0 Å². The third kappa shape index (κ3) is 2.86. The summed E-state index contributed by atoms with van der Waals surface area (Å²) in [6, 6.07) is 6.02. The zero-order chi connectivity index (χ0) is 14.9. The summed E-state index contributed by atoms with van der Waals surface area (Å²) in [6.45, 7) is 0. The van der Waals surface area contributed by atoms with Crippen molar-refractivity contribution < 1.29 is 22.8 Å². The van der Waals surface area contributed by atoms with Gasteiger partial charge in [0, 0.05) is 22.8 Å². The first-order chi connectivity index (χ1) is 9.32. The van der Waals surface area contributed by atoms with Crippen molar-refractivity contribution in [3.63, 3.8) is 0 Å². The molecular weight excluding hydrogens is 302 g/mol. The quantitative estimate of drug-likeness (QED) is 0.864. The fourth-order valence-corrected chi connectivity index (χ4v) is 3.57. The second kappa shape index (κ2) is 5.29. The van der Waals surface area contributed by atoms with Crippen LogP contribution in [0.5, 0.6) is 0 Å². The Bertz CT molecular complexity index is 764. The Morgan fingerprint density at radius 3 is 2.55 bits per heavy atom. The van der Waals surface area contributed by atoms with Gasteiger partial charge in [-0.25, -0.2) is 13.2 Å². The predicted molar refractivity (Wildman–Crippen MR) is 73.8 cm³/mol. The molecule has 6 nitrogen and oxygen atoms in total. The lowest BCUT2D eigenvalue weighted by atomic mass is 10.1. The molecule has 0 unspecified atom stereocenters. The summed E-state index contributed by atoms with van der Waals surface area (Å²) >= 11 is 1.32. The van der Waals surface area contributed by atoms with Gasteiger partial charge >= 0.3 is 5.97 Å². The summed E-state index contributed by atoms with van der Waals surface area (Å²) in [5.41, 5.74) is 0.234. The van der Waals surface area contributed by atoms with E-state index in [1.807, 2.05) is 0 Å². The highest BCUT2D eigenvalue weighted by Crippen LogP contribution is 2.30. The van der Waals surface area contributed by atoms with E-state index in [2.05, 4.69) is 5.16 Å². The SMILES string of the molecule is CSc1ccc(-c2cc(C(=O)O)no2)cc1S(C)(=O)=O. The van der Waals surface area contributed by atoms with Gasteiger partial charge < -0.3 is 9.63 Å². The van der Waals surface area contributed by atoms with Crippen molar-refractivity contribution in [1.82, 2.24) is 5.16 Å². The Morgan fingerprint density at radius 2 is 2.05 bits per heavy atom. The number of rotatable bonds is 4. The fourth-order valence-electron chi connectivity index (χ4n) is 1.63. The van der Waals surface area contributed by atoms with Crippen LogP contribution in [0.1, 0.15) is 10.5 Å². The topological polar surface area (TPSA) is 97.5 Å².